The zero-order valence-electron chi connectivity index (χ0n) is 13.6. The van der Waals surface area contributed by atoms with Gasteiger partial charge in [-0.2, -0.15) is 11.8 Å². The largest absolute Gasteiger partial charge is 0.354 e. The van der Waals surface area contributed by atoms with E-state index in [1.165, 1.54) is 19.3 Å². The fourth-order valence-corrected chi connectivity index (χ4v) is 3.99. The fraction of sp³-hybridized carbons (Fsp3) is 0.714. The molecule has 1 heterocycles. The van der Waals surface area contributed by atoms with Crippen molar-refractivity contribution in [3.8, 4) is 0 Å². The van der Waals surface area contributed by atoms with Gasteiger partial charge in [-0.1, -0.05) is 0 Å². The van der Waals surface area contributed by atoms with Crippen molar-refractivity contribution in [2.45, 2.75) is 37.1 Å². The van der Waals surface area contributed by atoms with Crippen LogP contribution in [0.2, 0.25) is 0 Å². The third kappa shape index (κ3) is 5.77. The number of aromatic nitrogens is 1. The molecular formula is C14H26IN5S2. The van der Waals surface area contributed by atoms with E-state index in [-0.39, 0.29) is 24.0 Å². The molecule has 8 heteroatoms. The molecule has 0 spiro atoms. The molecule has 2 atom stereocenters. The van der Waals surface area contributed by atoms with Gasteiger partial charge in [-0.05, 0) is 25.5 Å². The number of nitrogens with zero attached hydrogens (tertiary/aromatic N) is 3. The number of nitrogens with one attached hydrogen (secondary N) is 2. The number of guanidine groups is 1. The van der Waals surface area contributed by atoms with E-state index in [0.29, 0.717) is 12.6 Å². The summed E-state index contributed by atoms with van der Waals surface area (Å²) in [4.78, 5) is 10.9. The molecule has 2 rings (SSSR count). The van der Waals surface area contributed by atoms with Crippen LogP contribution in [0.1, 0.15) is 25.0 Å². The van der Waals surface area contributed by atoms with Crippen LogP contribution in [0.4, 0.5) is 5.13 Å². The summed E-state index contributed by atoms with van der Waals surface area (Å²) in [6.45, 7) is 0.711. The van der Waals surface area contributed by atoms with Crippen molar-refractivity contribution in [1.29, 1.82) is 0 Å². The van der Waals surface area contributed by atoms with Gasteiger partial charge in [0.25, 0.3) is 0 Å². The van der Waals surface area contributed by atoms with E-state index in [1.807, 2.05) is 37.8 Å². The summed E-state index contributed by atoms with van der Waals surface area (Å²) in [5, 5.41) is 10.8. The summed E-state index contributed by atoms with van der Waals surface area (Å²) in [6.07, 6.45) is 5.95. The van der Waals surface area contributed by atoms with E-state index in [9.17, 15) is 0 Å². The van der Waals surface area contributed by atoms with Gasteiger partial charge in [-0.15, -0.1) is 35.3 Å². The van der Waals surface area contributed by atoms with Gasteiger partial charge in [0.05, 0.1) is 12.2 Å². The molecule has 5 nitrogen and oxygen atoms in total. The predicted molar refractivity (Wildman–Crippen MR) is 110 cm³/mol. The second-order valence-corrected chi connectivity index (χ2v) is 7.43. The van der Waals surface area contributed by atoms with Crippen LogP contribution in [0.25, 0.3) is 0 Å². The Balaban J connectivity index is 0.00000242. The van der Waals surface area contributed by atoms with E-state index in [0.717, 1.165) is 22.0 Å². The molecule has 1 saturated carbocycles. The van der Waals surface area contributed by atoms with Crippen LogP contribution in [0.5, 0.6) is 0 Å². The Kier molecular flexibility index (Phi) is 8.85. The number of hydrogen-bond donors (Lipinski definition) is 2. The molecule has 0 aromatic carbocycles. The molecule has 22 heavy (non-hydrogen) atoms. The normalized spacial score (nSPS) is 21.4. The lowest BCUT2D eigenvalue weighted by atomic mass is 10.2. The average molecular weight is 455 g/mol. The number of thiazole rings is 1. The van der Waals surface area contributed by atoms with Gasteiger partial charge in [-0.25, -0.2) is 4.98 Å². The van der Waals surface area contributed by atoms with Gasteiger partial charge in [0, 0.05) is 37.8 Å². The highest BCUT2D eigenvalue weighted by atomic mass is 127. The van der Waals surface area contributed by atoms with Gasteiger partial charge in [-0.3, -0.25) is 4.99 Å². The molecule has 126 valence electrons. The maximum absolute atomic E-state index is 4.57. The number of hydrogen-bond acceptors (Lipinski definition) is 5. The minimum absolute atomic E-state index is 0. The van der Waals surface area contributed by atoms with Crippen LogP contribution in [0, 0.1) is 0 Å². The zero-order chi connectivity index (χ0) is 15.2. The Morgan fingerprint density at radius 3 is 2.82 bits per heavy atom. The van der Waals surface area contributed by atoms with Crippen molar-refractivity contribution >= 4 is 58.2 Å². The molecule has 0 saturated heterocycles. The molecule has 2 unspecified atom stereocenters. The van der Waals surface area contributed by atoms with Gasteiger partial charge in [0.15, 0.2) is 11.1 Å². The number of aliphatic imine (C=N–C) groups is 1. The lowest BCUT2D eigenvalue weighted by Crippen LogP contribution is -2.42. The van der Waals surface area contributed by atoms with Crippen LogP contribution in [-0.2, 0) is 6.54 Å². The lowest BCUT2D eigenvalue weighted by molar-refractivity contribution is 0.614. The summed E-state index contributed by atoms with van der Waals surface area (Å²) >= 11 is 3.64. The van der Waals surface area contributed by atoms with E-state index in [1.54, 1.807) is 11.3 Å². The summed E-state index contributed by atoms with van der Waals surface area (Å²) in [6, 6.07) is 0.543. The first kappa shape index (κ1) is 19.8. The SMILES string of the molecule is CN=C(NCc1csc(N(C)C)n1)NC1CCC(SC)C1.I. The third-order valence-corrected chi connectivity index (χ3v) is 5.79. The van der Waals surface area contributed by atoms with E-state index in [4.69, 9.17) is 0 Å². The van der Waals surface area contributed by atoms with Gasteiger partial charge >= 0.3 is 0 Å². The van der Waals surface area contributed by atoms with Crippen LogP contribution in [-0.4, -0.2) is 49.6 Å². The molecule has 1 aromatic rings. The second-order valence-electron chi connectivity index (χ2n) is 5.45. The molecule has 0 aliphatic heterocycles. The number of anilines is 1. The number of halogens is 1. The van der Waals surface area contributed by atoms with Gasteiger partial charge in [0.2, 0.25) is 0 Å². The predicted octanol–water partition coefficient (Wildman–Crippen LogP) is 2.78. The maximum atomic E-state index is 4.57. The van der Waals surface area contributed by atoms with Crippen LogP contribution in [0.15, 0.2) is 10.4 Å². The molecular weight excluding hydrogens is 429 g/mol. The Bertz CT molecular complexity index is 478. The molecule has 1 aliphatic rings. The summed E-state index contributed by atoms with van der Waals surface area (Å²) in [5.41, 5.74) is 1.06. The molecule has 0 amide bonds. The first-order valence-electron chi connectivity index (χ1n) is 7.24. The Labute approximate surface area is 158 Å². The van der Waals surface area contributed by atoms with E-state index in [2.05, 4.69) is 32.2 Å². The quantitative estimate of drug-likeness (QED) is 0.406. The Morgan fingerprint density at radius 2 is 2.27 bits per heavy atom. The summed E-state index contributed by atoms with van der Waals surface area (Å²) in [7, 11) is 5.85. The smallest absolute Gasteiger partial charge is 0.191 e. The van der Waals surface area contributed by atoms with Gasteiger partial charge in [0.1, 0.15) is 0 Å². The van der Waals surface area contributed by atoms with Gasteiger partial charge < -0.3 is 15.5 Å². The Hall–Kier alpha value is -0.220. The van der Waals surface area contributed by atoms with E-state index >= 15 is 0 Å². The second kappa shape index (κ2) is 9.82. The first-order chi connectivity index (χ1) is 10.1. The summed E-state index contributed by atoms with van der Waals surface area (Å²) < 4.78 is 0. The molecule has 2 N–H and O–H groups in total. The standard InChI is InChI=1S/C14H25N5S2.HI/c1-15-13(17-10-5-6-12(7-10)20-4)16-8-11-9-21-14(18-11)19(2)3;/h9-10,12H,5-8H2,1-4H3,(H2,15,16,17);1H. The highest BCUT2D eigenvalue weighted by Gasteiger charge is 2.24. The van der Waals surface area contributed by atoms with Crippen molar-refractivity contribution in [3.05, 3.63) is 11.1 Å². The van der Waals surface area contributed by atoms with E-state index < -0.39 is 0 Å². The first-order valence-corrected chi connectivity index (χ1v) is 9.40. The average Bonchev–Trinajstić information content (AvgIpc) is 3.12. The van der Waals surface area contributed by atoms with Crippen molar-refractivity contribution in [2.24, 2.45) is 4.99 Å². The Morgan fingerprint density at radius 1 is 1.50 bits per heavy atom. The minimum Gasteiger partial charge on any atom is -0.354 e. The third-order valence-electron chi connectivity index (χ3n) is 3.64. The maximum Gasteiger partial charge on any atom is 0.191 e. The van der Waals surface area contributed by atoms with Crippen molar-refractivity contribution < 1.29 is 0 Å². The van der Waals surface area contributed by atoms with Crippen molar-refractivity contribution in [1.82, 2.24) is 15.6 Å². The van der Waals surface area contributed by atoms with Crippen molar-refractivity contribution in [3.63, 3.8) is 0 Å². The van der Waals surface area contributed by atoms with Crippen LogP contribution >= 0.6 is 47.1 Å². The minimum atomic E-state index is 0. The summed E-state index contributed by atoms with van der Waals surface area (Å²) in [5.74, 6) is 0.876. The highest BCUT2D eigenvalue weighted by molar-refractivity contribution is 14.0. The highest BCUT2D eigenvalue weighted by Crippen LogP contribution is 2.28. The number of rotatable bonds is 5. The number of thioether (sulfide) groups is 1. The lowest BCUT2D eigenvalue weighted by Gasteiger charge is -2.17. The van der Waals surface area contributed by atoms with Crippen molar-refractivity contribution in [2.75, 3.05) is 32.3 Å². The fourth-order valence-electron chi connectivity index (χ4n) is 2.43. The van der Waals surface area contributed by atoms with Crippen LogP contribution < -0.4 is 15.5 Å². The molecule has 0 radical (unpaired) electrons. The molecule has 0 bridgehead atoms. The topological polar surface area (TPSA) is 52.6 Å². The zero-order valence-corrected chi connectivity index (χ0v) is 17.6. The molecule has 1 aromatic heterocycles. The van der Waals surface area contributed by atoms with Crippen LogP contribution in [0.3, 0.4) is 0 Å². The molecule has 1 fully saturated rings. The monoisotopic (exact) mass is 455 g/mol. The molecule has 1 aliphatic carbocycles.